The molecule has 0 saturated heterocycles. The fourth-order valence-corrected chi connectivity index (χ4v) is 2.69. The molecule has 0 saturated carbocycles. The molecular formula is C14H10BrFO2S. The Morgan fingerprint density at radius 3 is 2.53 bits per heavy atom. The third-order valence-electron chi connectivity index (χ3n) is 2.52. The van der Waals surface area contributed by atoms with Crippen LogP contribution in [0.4, 0.5) is 4.39 Å². The van der Waals surface area contributed by atoms with Crippen LogP contribution in [0.3, 0.4) is 0 Å². The molecule has 2 nitrogen and oxygen atoms in total. The van der Waals surface area contributed by atoms with Crippen LogP contribution in [0.5, 0.6) is 0 Å². The molecule has 98 valence electrons. The fraction of sp³-hybridized carbons (Fsp3) is 0.0714. The number of aromatic carboxylic acids is 1. The van der Waals surface area contributed by atoms with Gasteiger partial charge in [0, 0.05) is 15.1 Å². The van der Waals surface area contributed by atoms with Gasteiger partial charge in [-0.3, -0.25) is 0 Å². The first-order chi connectivity index (χ1) is 9.08. The van der Waals surface area contributed by atoms with E-state index >= 15 is 0 Å². The number of carboxylic acids is 1. The van der Waals surface area contributed by atoms with Gasteiger partial charge in [-0.15, -0.1) is 11.8 Å². The van der Waals surface area contributed by atoms with Crippen molar-refractivity contribution in [1.82, 2.24) is 0 Å². The van der Waals surface area contributed by atoms with Crippen LogP contribution in [0.25, 0.3) is 0 Å². The molecule has 19 heavy (non-hydrogen) atoms. The molecule has 0 heterocycles. The lowest BCUT2D eigenvalue weighted by Gasteiger charge is -2.06. The maximum atomic E-state index is 13.9. The summed E-state index contributed by atoms with van der Waals surface area (Å²) in [6.45, 7) is 0. The Labute approximate surface area is 122 Å². The van der Waals surface area contributed by atoms with Crippen molar-refractivity contribution in [1.29, 1.82) is 0 Å². The normalized spacial score (nSPS) is 10.4. The van der Waals surface area contributed by atoms with Crippen LogP contribution in [0, 0.1) is 5.82 Å². The number of halogens is 2. The molecule has 0 fully saturated rings. The molecule has 2 rings (SSSR count). The van der Waals surface area contributed by atoms with Crippen molar-refractivity contribution >= 4 is 33.7 Å². The van der Waals surface area contributed by atoms with Crippen molar-refractivity contribution in [3.8, 4) is 0 Å². The predicted molar refractivity (Wildman–Crippen MR) is 77.1 cm³/mol. The molecule has 2 aromatic carbocycles. The summed E-state index contributed by atoms with van der Waals surface area (Å²) in [6.07, 6.45) is 0. The van der Waals surface area contributed by atoms with Gasteiger partial charge in [0.2, 0.25) is 0 Å². The van der Waals surface area contributed by atoms with E-state index in [1.807, 2.05) is 24.3 Å². The maximum absolute atomic E-state index is 13.9. The quantitative estimate of drug-likeness (QED) is 0.827. The van der Waals surface area contributed by atoms with E-state index in [0.29, 0.717) is 11.3 Å². The fourth-order valence-electron chi connectivity index (χ4n) is 1.55. The van der Waals surface area contributed by atoms with E-state index in [2.05, 4.69) is 15.9 Å². The summed E-state index contributed by atoms with van der Waals surface area (Å²) in [7, 11) is 0. The van der Waals surface area contributed by atoms with Crippen molar-refractivity contribution < 1.29 is 14.3 Å². The van der Waals surface area contributed by atoms with Crippen LogP contribution >= 0.6 is 27.7 Å². The minimum Gasteiger partial charge on any atom is -0.478 e. The van der Waals surface area contributed by atoms with Gasteiger partial charge < -0.3 is 5.11 Å². The SMILES string of the molecule is O=C(O)c1cccc(CSc2ccc(Br)cc2)c1F. The zero-order valence-electron chi connectivity index (χ0n) is 9.77. The summed E-state index contributed by atoms with van der Waals surface area (Å²) in [5.74, 6) is -1.50. The van der Waals surface area contributed by atoms with Gasteiger partial charge in [0.1, 0.15) is 5.82 Å². The molecule has 0 aromatic heterocycles. The molecule has 0 unspecified atom stereocenters. The Morgan fingerprint density at radius 2 is 1.89 bits per heavy atom. The van der Waals surface area contributed by atoms with Gasteiger partial charge in [0.25, 0.3) is 0 Å². The summed E-state index contributed by atoms with van der Waals surface area (Å²) < 4.78 is 14.9. The van der Waals surface area contributed by atoms with Gasteiger partial charge in [-0.1, -0.05) is 28.1 Å². The van der Waals surface area contributed by atoms with Crippen molar-refractivity contribution in [2.45, 2.75) is 10.6 Å². The first-order valence-electron chi connectivity index (χ1n) is 5.47. The van der Waals surface area contributed by atoms with Gasteiger partial charge in [-0.2, -0.15) is 0 Å². The molecule has 0 aliphatic heterocycles. The lowest BCUT2D eigenvalue weighted by molar-refractivity contribution is 0.0691. The molecule has 2 aromatic rings. The Balaban J connectivity index is 2.13. The van der Waals surface area contributed by atoms with Gasteiger partial charge in [0.15, 0.2) is 0 Å². The summed E-state index contributed by atoms with van der Waals surface area (Å²) in [5, 5.41) is 8.85. The molecule has 0 amide bonds. The predicted octanol–water partition coefficient (Wildman–Crippen LogP) is 4.58. The van der Waals surface area contributed by atoms with E-state index in [0.717, 1.165) is 9.37 Å². The van der Waals surface area contributed by atoms with E-state index in [-0.39, 0.29) is 5.56 Å². The van der Waals surface area contributed by atoms with Gasteiger partial charge in [-0.25, -0.2) is 9.18 Å². The minimum absolute atomic E-state index is 0.283. The second-order valence-corrected chi connectivity index (χ2v) is 5.79. The molecule has 0 atom stereocenters. The highest BCUT2D eigenvalue weighted by Gasteiger charge is 2.13. The van der Waals surface area contributed by atoms with Crippen molar-refractivity contribution in [2.75, 3.05) is 0 Å². The van der Waals surface area contributed by atoms with Gasteiger partial charge in [-0.05, 0) is 35.9 Å². The van der Waals surface area contributed by atoms with E-state index < -0.39 is 11.8 Å². The summed E-state index contributed by atoms with van der Waals surface area (Å²) >= 11 is 4.81. The number of carbonyl (C=O) groups is 1. The van der Waals surface area contributed by atoms with Crippen LogP contribution < -0.4 is 0 Å². The maximum Gasteiger partial charge on any atom is 0.338 e. The highest BCUT2D eigenvalue weighted by Crippen LogP contribution is 2.26. The Hall–Kier alpha value is -1.33. The molecule has 5 heteroatoms. The third-order valence-corrected chi connectivity index (χ3v) is 4.11. The second-order valence-electron chi connectivity index (χ2n) is 3.83. The minimum atomic E-state index is -1.24. The monoisotopic (exact) mass is 340 g/mol. The van der Waals surface area contributed by atoms with Crippen LogP contribution in [-0.2, 0) is 5.75 Å². The van der Waals surface area contributed by atoms with Crippen LogP contribution in [-0.4, -0.2) is 11.1 Å². The second kappa shape index (κ2) is 6.21. The third kappa shape index (κ3) is 3.58. The number of rotatable bonds is 4. The highest BCUT2D eigenvalue weighted by molar-refractivity contribution is 9.10. The number of hydrogen-bond donors (Lipinski definition) is 1. The summed E-state index contributed by atoms with van der Waals surface area (Å²) in [5.41, 5.74) is 0.113. The molecule has 0 bridgehead atoms. The van der Waals surface area contributed by atoms with Gasteiger partial charge >= 0.3 is 5.97 Å². The number of carboxylic acid groups (broad SMARTS) is 1. The summed E-state index contributed by atoms with van der Waals surface area (Å²) in [4.78, 5) is 11.8. The van der Waals surface area contributed by atoms with Crippen LogP contribution in [0.2, 0.25) is 0 Å². The molecule has 0 radical (unpaired) electrons. The van der Waals surface area contributed by atoms with E-state index in [1.165, 1.54) is 17.8 Å². The number of hydrogen-bond acceptors (Lipinski definition) is 2. The molecule has 0 aliphatic rings. The molecule has 0 aliphatic carbocycles. The number of thioether (sulfide) groups is 1. The zero-order valence-corrected chi connectivity index (χ0v) is 12.2. The molecular weight excluding hydrogens is 331 g/mol. The number of benzene rings is 2. The van der Waals surface area contributed by atoms with Gasteiger partial charge in [0.05, 0.1) is 5.56 Å². The smallest absolute Gasteiger partial charge is 0.338 e. The topological polar surface area (TPSA) is 37.3 Å². The highest BCUT2D eigenvalue weighted by atomic mass is 79.9. The van der Waals surface area contributed by atoms with Crippen molar-refractivity contribution in [2.24, 2.45) is 0 Å². The Bertz CT molecular complexity index is 599. The average molecular weight is 341 g/mol. The van der Waals surface area contributed by atoms with Crippen LogP contribution in [0.15, 0.2) is 51.8 Å². The molecule has 1 N–H and O–H groups in total. The van der Waals surface area contributed by atoms with Crippen LogP contribution in [0.1, 0.15) is 15.9 Å². The first kappa shape index (κ1) is 14.1. The zero-order chi connectivity index (χ0) is 13.8. The molecule has 0 spiro atoms. The lowest BCUT2D eigenvalue weighted by Crippen LogP contribution is -2.02. The van der Waals surface area contributed by atoms with E-state index in [9.17, 15) is 9.18 Å². The van der Waals surface area contributed by atoms with Crippen molar-refractivity contribution in [3.05, 3.63) is 63.9 Å². The lowest BCUT2D eigenvalue weighted by atomic mass is 10.1. The Kier molecular flexibility index (Phi) is 4.61. The van der Waals surface area contributed by atoms with E-state index in [1.54, 1.807) is 12.1 Å². The standard InChI is InChI=1S/C14H10BrFO2S/c15-10-4-6-11(7-5-10)19-8-9-2-1-3-12(13(9)16)14(17)18/h1-7H,8H2,(H,17,18). The first-order valence-corrected chi connectivity index (χ1v) is 7.25. The Morgan fingerprint density at radius 1 is 1.21 bits per heavy atom. The largest absolute Gasteiger partial charge is 0.478 e. The average Bonchev–Trinajstić information content (AvgIpc) is 2.39. The summed E-state index contributed by atoms with van der Waals surface area (Å²) in [6, 6.07) is 12.1. The van der Waals surface area contributed by atoms with Crippen molar-refractivity contribution in [3.63, 3.8) is 0 Å². The van der Waals surface area contributed by atoms with E-state index in [4.69, 9.17) is 5.11 Å².